The Morgan fingerprint density at radius 3 is 2.37 bits per heavy atom. The maximum atomic E-state index is 2.49. The second kappa shape index (κ2) is 6.93. The number of rotatable bonds is 7. The molecule has 1 aliphatic carbocycles. The van der Waals surface area contributed by atoms with Crippen LogP contribution in [0.4, 0.5) is 0 Å². The highest BCUT2D eigenvalue weighted by molar-refractivity contribution is 5.67. The summed E-state index contributed by atoms with van der Waals surface area (Å²) in [6, 6.07) is 4.93. The van der Waals surface area contributed by atoms with Gasteiger partial charge in [-0.2, -0.15) is 0 Å². The SMILES string of the molecule is CCCCC1=Cc2c(CCC)cc(CCC)cc2C1. The summed E-state index contributed by atoms with van der Waals surface area (Å²) in [6.07, 6.45) is 12.6. The van der Waals surface area contributed by atoms with Crippen LogP contribution in [0.3, 0.4) is 0 Å². The molecule has 0 bridgehead atoms. The maximum Gasteiger partial charge on any atom is -0.00576 e. The topological polar surface area (TPSA) is 0 Å². The number of hydrogen-bond acceptors (Lipinski definition) is 0. The van der Waals surface area contributed by atoms with E-state index in [0.29, 0.717) is 0 Å². The molecule has 0 unspecified atom stereocenters. The van der Waals surface area contributed by atoms with Crippen molar-refractivity contribution in [2.45, 2.75) is 72.1 Å². The van der Waals surface area contributed by atoms with E-state index in [1.54, 1.807) is 27.8 Å². The fraction of sp³-hybridized carbons (Fsp3) is 0.579. The molecule has 0 aromatic heterocycles. The molecule has 0 saturated heterocycles. The Kier molecular flexibility index (Phi) is 5.24. The minimum atomic E-state index is 1.21. The summed E-state index contributed by atoms with van der Waals surface area (Å²) in [6.45, 7) is 6.84. The van der Waals surface area contributed by atoms with Gasteiger partial charge in [-0.1, -0.05) is 63.8 Å². The number of allylic oxidation sites excluding steroid dienone is 1. The molecule has 1 aliphatic rings. The number of hydrogen-bond donors (Lipinski definition) is 0. The van der Waals surface area contributed by atoms with Gasteiger partial charge in [-0.05, 0) is 54.4 Å². The Morgan fingerprint density at radius 2 is 1.68 bits per heavy atom. The van der Waals surface area contributed by atoms with Crippen LogP contribution < -0.4 is 0 Å². The second-order valence-electron chi connectivity index (χ2n) is 5.91. The molecule has 2 rings (SSSR count). The zero-order chi connectivity index (χ0) is 13.7. The quantitative estimate of drug-likeness (QED) is 0.585. The summed E-state index contributed by atoms with van der Waals surface area (Å²) in [5.41, 5.74) is 7.96. The van der Waals surface area contributed by atoms with Crippen molar-refractivity contribution in [1.29, 1.82) is 0 Å². The van der Waals surface area contributed by atoms with Gasteiger partial charge in [-0.25, -0.2) is 0 Å². The van der Waals surface area contributed by atoms with Crippen molar-refractivity contribution in [1.82, 2.24) is 0 Å². The van der Waals surface area contributed by atoms with E-state index in [2.05, 4.69) is 39.0 Å². The summed E-state index contributed by atoms with van der Waals surface area (Å²) in [5, 5.41) is 0. The summed E-state index contributed by atoms with van der Waals surface area (Å²) >= 11 is 0. The van der Waals surface area contributed by atoms with Crippen molar-refractivity contribution >= 4 is 6.08 Å². The van der Waals surface area contributed by atoms with Crippen molar-refractivity contribution in [3.63, 3.8) is 0 Å². The lowest BCUT2D eigenvalue weighted by Gasteiger charge is -2.10. The number of aryl methyl sites for hydroxylation is 2. The summed E-state index contributed by atoms with van der Waals surface area (Å²) in [7, 11) is 0. The normalized spacial score (nSPS) is 13.5. The van der Waals surface area contributed by atoms with Gasteiger partial charge in [0, 0.05) is 0 Å². The first-order valence-corrected chi connectivity index (χ1v) is 8.12. The fourth-order valence-electron chi connectivity index (χ4n) is 3.16. The van der Waals surface area contributed by atoms with Gasteiger partial charge in [0.25, 0.3) is 0 Å². The van der Waals surface area contributed by atoms with Crippen molar-refractivity contribution in [2.75, 3.05) is 0 Å². The minimum Gasteiger partial charge on any atom is -0.0654 e. The Morgan fingerprint density at radius 1 is 0.895 bits per heavy atom. The molecule has 0 nitrogen and oxygen atoms in total. The third kappa shape index (κ3) is 3.49. The van der Waals surface area contributed by atoms with Crippen LogP contribution in [-0.4, -0.2) is 0 Å². The highest BCUT2D eigenvalue weighted by Crippen LogP contribution is 2.32. The number of fused-ring (bicyclic) bond motifs is 1. The Balaban J connectivity index is 2.24. The lowest BCUT2D eigenvalue weighted by Crippen LogP contribution is -1.96. The molecule has 104 valence electrons. The molecule has 0 atom stereocenters. The van der Waals surface area contributed by atoms with Gasteiger partial charge >= 0.3 is 0 Å². The van der Waals surface area contributed by atoms with Gasteiger partial charge in [-0.15, -0.1) is 0 Å². The highest BCUT2D eigenvalue weighted by Gasteiger charge is 2.16. The third-order valence-electron chi connectivity index (χ3n) is 4.09. The van der Waals surface area contributed by atoms with E-state index >= 15 is 0 Å². The smallest absolute Gasteiger partial charge is 0.00576 e. The van der Waals surface area contributed by atoms with E-state index in [1.807, 2.05) is 0 Å². The van der Waals surface area contributed by atoms with Crippen LogP contribution >= 0.6 is 0 Å². The van der Waals surface area contributed by atoms with E-state index in [4.69, 9.17) is 0 Å². The third-order valence-corrected chi connectivity index (χ3v) is 4.09. The molecule has 1 aromatic rings. The molecule has 1 aromatic carbocycles. The second-order valence-corrected chi connectivity index (χ2v) is 5.91. The molecule has 0 heterocycles. The number of unbranched alkanes of at least 4 members (excludes halogenated alkanes) is 1. The predicted molar refractivity (Wildman–Crippen MR) is 85.6 cm³/mol. The Labute approximate surface area is 118 Å². The fourth-order valence-corrected chi connectivity index (χ4v) is 3.16. The average Bonchev–Trinajstić information content (AvgIpc) is 2.80. The maximum absolute atomic E-state index is 2.49. The first-order valence-electron chi connectivity index (χ1n) is 8.12. The summed E-state index contributed by atoms with van der Waals surface area (Å²) < 4.78 is 0. The van der Waals surface area contributed by atoms with E-state index in [1.165, 1.54) is 51.4 Å². The molecular formula is C19H28. The molecular weight excluding hydrogens is 228 g/mol. The van der Waals surface area contributed by atoms with Crippen molar-refractivity contribution in [3.05, 3.63) is 40.0 Å². The highest BCUT2D eigenvalue weighted by atomic mass is 14.2. The first-order chi connectivity index (χ1) is 9.28. The summed E-state index contributed by atoms with van der Waals surface area (Å²) in [5.74, 6) is 0. The van der Waals surface area contributed by atoms with Gasteiger partial charge in [-0.3, -0.25) is 0 Å². The zero-order valence-electron chi connectivity index (χ0n) is 12.9. The van der Waals surface area contributed by atoms with Gasteiger partial charge in [0.2, 0.25) is 0 Å². The van der Waals surface area contributed by atoms with Crippen LogP contribution in [0.25, 0.3) is 6.08 Å². The van der Waals surface area contributed by atoms with E-state index < -0.39 is 0 Å². The molecule has 0 spiro atoms. The van der Waals surface area contributed by atoms with Gasteiger partial charge in [0.1, 0.15) is 0 Å². The molecule has 0 radical (unpaired) electrons. The van der Waals surface area contributed by atoms with Crippen LogP contribution in [0.1, 0.15) is 75.1 Å². The minimum absolute atomic E-state index is 1.21. The molecule has 0 heteroatoms. The van der Waals surface area contributed by atoms with Crippen LogP contribution in [-0.2, 0) is 19.3 Å². The largest absolute Gasteiger partial charge is 0.0654 e. The molecule has 0 amide bonds. The van der Waals surface area contributed by atoms with Crippen LogP contribution in [0.2, 0.25) is 0 Å². The first kappa shape index (κ1) is 14.4. The molecule has 0 saturated carbocycles. The number of benzene rings is 1. The van der Waals surface area contributed by atoms with Crippen molar-refractivity contribution < 1.29 is 0 Å². The average molecular weight is 256 g/mol. The van der Waals surface area contributed by atoms with E-state index in [0.717, 1.165) is 0 Å². The lowest BCUT2D eigenvalue weighted by molar-refractivity contribution is 0.779. The van der Waals surface area contributed by atoms with Crippen LogP contribution in [0.5, 0.6) is 0 Å². The summed E-state index contributed by atoms with van der Waals surface area (Å²) in [4.78, 5) is 0. The zero-order valence-corrected chi connectivity index (χ0v) is 12.9. The van der Waals surface area contributed by atoms with Gasteiger partial charge in [0.15, 0.2) is 0 Å². The molecule has 0 fully saturated rings. The van der Waals surface area contributed by atoms with Crippen molar-refractivity contribution in [2.24, 2.45) is 0 Å². The standard InChI is InChI=1S/C19H28/c1-4-7-10-16-13-18-12-15(8-5-2)11-17(9-6-3)19(18)14-16/h11-12,14H,4-10,13H2,1-3H3. The van der Waals surface area contributed by atoms with Crippen LogP contribution in [0.15, 0.2) is 17.7 Å². The van der Waals surface area contributed by atoms with E-state index in [-0.39, 0.29) is 0 Å². The van der Waals surface area contributed by atoms with Crippen LogP contribution in [0, 0.1) is 0 Å². The Bertz CT molecular complexity index is 451. The van der Waals surface area contributed by atoms with Crippen molar-refractivity contribution in [3.8, 4) is 0 Å². The van der Waals surface area contributed by atoms with Gasteiger partial charge in [0.05, 0.1) is 0 Å². The van der Waals surface area contributed by atoms with Gasteiger partial charge < -0.3 is 0 Å². The van der Waals surface area contributed by atoms with E-state index in [9.17, 15) is 0 Å². The molecule has 0 aliphatic heterocycles. The predicted octanol–water partition coefficient (Wildman–Crippen LogP) is 5.72. The Hall–Kier alpha value is -1.04. The monoisotopic (exact) mass is 256 g/mol. The lowest BCUT2D eigenvalue weighted by atomic mass is 9.95. The molecule has 19 heavy (non-hydrogen) atoms. The molecule has 0 N–H and O–H groups in total.